The number of aliphatic hydroxyl groups excluding tert-OH is 2. The van der Waals surface area contributed by atoms with Gasteiger partial charge in [-0.15, -0.1) is 0 Å². The molecule has 150 valence electrons. The smallest absolute Gasteiger partial charge is 0.305 e. The third kappa shape index (κ3) is 15.4. The van der Waals surface area contributed by atoms with Crippen LogP contribution in [-0.4, -0.2) is 36.0 Å². The number of hydrogen-bond acceptors (Lipinski definition) is 4. The summed E-state index contributed by atoms with van der Waals surface area (Å²) in [4.78, 5) is 11.6. The number of hydrogen-bond donors (Lipinski definition) is 2. The molecule has 0 unspecified atom stereocenters. The lowest BCUT2D eigenvalue weighted by Gasteiger charge is -2.23. The molecule has 4 nitrogen and oxygen atoms in total. The lowest BCUT2D eigenvalue weighted by Crippen LogP contribution is -2.32. The number of aliphatic hydroxyl groups is 2. The highest BCUT2D eigenvalue weighted by Gasteiger charge is 2.24. The maximum absolute atomic E-state index is 11.6. The predicted molar refractivity (Wildman–Crippen MR) is 103 cm³/mol. The molecule has 0 amide bonds. The Morgan fingerprint density at radius 2 is 1.28 bits per heavy atom. The first-order valence-electron chi connectivity index (χ1n) is 10.3. The van der Waals surface area contributed by atoms with E-state index in [-0.39, 0.29) is 25.8 Å². The van der Waals surface area contributed by atoms with E-state index in [9.17, 15) is 4.79 Å². The molecule has 0 aromatic heterocycles. The van der Waals surface area contributed by atoms with E-state index >= 15 is 0 Å². The lowest BCUT2D eigenvalue weighted by atomic mass is 9.94. The summed E-state index contributed by atoms with van der Waals surface area (Å²) in [5.74, 6) is 0.612. The van der Waals surface area contributed by atoms with Crippen molar-refractivity contribution in [3.8, 4) is 0 Å². The predicted octanol–water partition coefficient (Wildman–Crippen LogP) is 4.86. The van der Waals surface area contributed by atoms with Crippen molar-refractivity contribution in [2.75, 3.05) is 19.8 Å². The molecular weight excluding hydrogens is 316 g/mol. The molecule has 0 saturated carbocycles. The Labute approximate surface area is 155 Å². The van der Waals surface area contributed by atoms with Gasteiger partial charge < -0.3 is 14.9 Å². The quantitative estimate of drug-likeness (QED) is 0.288. The van der Waals surface area contributed by atoms with Crippen molar-refractivity contribution in [3.63, 3.8) is 0 Å². The average molecular weight is 359 g/mol. The Morgan fingerprint density at radius 3 is 1.72 bits per heavy atom. The van der Waals surface area contributed by atoms with Crippen LogP contribution in [0.2, 0.25) is 0 Å². The van der Waals surface area contributed by atoms with Crippen LogP contribution >= 0.6 is 0 Å². The van der Waals surface area contributed by atoms with Crippen LogP contribution in [-0.2, 0) is 9.53 Å². The SMILES string of the molecule is CC(C)CCCCCCCCCCCCC(=O)OCC(C)(CO)CO. The molecule has 0 radical (unpaired) electrons. The monoisotopic (exact) mass is 358 g/mol. The zero-order valence-corrected chi connectivity index (χ0v) is 16.9. The molecule has 0 bridgehead atoms. The summed E-state index contributed by atoms with van der Waals surface area (Å²) in [6.07, 6.45) is 14.3. The summed E-state index contributed by atoms with van der Waals surface area (Å²) in [6, 6.07) is 0. The molecule has 2 N–H and O–H groups in total. The second kappa shape index (κ2) is 15.6. The highest BCUT2D eigenvalue weighted by Crippen LogP contribution is 2.16. The van der Waals surface area contributed by atoms with Crippen molar-refractivity contribution in [3.05, 3.63) is 0 Å². The molecule has 4 heteroatoms. The summed E-state index contributed by atoms with van der Waals surface area (Å²) >= 11 is 0. The van der Waals surface area contributed by atoms with Crippen molar-refractivity contribution >= 4 is 5.97 Å². The molecule has 0 aliphatic carbocycles. The maximum Gasteiger partial charge on any atom is 0.305 e. The molecule has 0 saturated heterocycles. The third-order valence-corrected chi connectivity index (χ3v) is 4.76. The number of rotatable bonds is 17. The number of unbranched alkanes of at least 4 members (excludes halogenated alkanes) is 9. The van der Waals surface area contributed by atoms with Crippen LogP contribution in [0, 0.1) is 11.3 Å². The molecular formula is C21H42O4. The third-order valence-electron chi connectivity index (χ3n) is 4.76. The topological polar surface area (TPSA) is 66.8 Å². The number of carbonyl (C=O) groups excluding carboxylic acids is 1. The fraction of sp³-hybridized carbons (Fsp3) is 0.952. The summed E-state index contributed by atoms with van der Waals surface area (Å²) in [5.41, 5.74) is -0.732. The number of ether oxygens (including phenoxy) is 1. The van der Waals surface area contributed by atoms with Crippen molar-refractivity contribution < 1.29 is 19.7 Å². The van der Waals surface area contributed by atoms with Crippen molar-refractivity contribution in [1.82, 2.24) is 0 Å². The van der Waals surface area contributed by atoms with Gasteiger partial charge in [-0.2, -0.15) is 0 Å². The highest BCUT2D eigenvalue weighted by atomic mass is 16.5. The van der Waals surface area contributed by atoms with Crippen molar-refractivity contribution in [1.29, 1.82) is 0 Å². The van der Waals surface area contributed by atoms with Crippen LogP contribution < -0.4 is 0 Å². The van der Waals surface area contributed by atoms with E-state index in [0.717, 1.165) is 18.8 Å². The Morgan fingerprint density at radius 1 is 0.840 bits per heavy atom. The van der Waals surface area contributed by atoms with Gasteiger partial charge in [-0.3, -0.25) is 4.79 Å². The van der Waals surface area contributed by atoms with E-state index in [1.165, 1.54) is 57.8 Å². The molecule has 0 aromatic rings. The fourth-order valence-corrected chi connectivity index (χ4v) is 2.70. The first-order chi connectivity index (χ1) is 11.9. The van der Waals surface area contributed by atoms with Crippen LogP contribution in [0.5, 0.6) is 0 Å². The Balaban J connectivity index is 3.34. The minimum Gasteiger partial charge on any atom is -0.465 e. The highest BCUT2D eigenvalue weighted by molar-refractivity contribution is 5.69. The van der Waals surface area contributed by atoms with Crippen LogP contribution in [0.15, 0.2) is 0 Å². The van der Waals surface area contributed by atoms with Crippen LogP contribution in [0.4, 0.5) is 0 Å². The van der Waals surface area contributed by atoms with Gasteiger partial charge in [-0.25, -0.2) is 0 Å². The molecule has 0 aromatic carbocycles. The van der Waals surface area contributed by atoms with Crippen molar-refractivity contribution in [2.24, 2.45) is 11.3 Å². The van der Waals surface area contributed by atoms with E-state index in [2.05, 4.69) is 13.8 Å². The largest absolute Gasteiger partial charge is 0.465 e. The van der Waals surface area contributed by atoms with Gasteiger partial charge in [0.25, 0.3) is 0 Å². The summed E-state index contributed by atoms with van der Waals surface area (Å²) in [6.45, 7) is 5.99. The lowest BCUT2D eigenvalue weighted by molar-refractivity contribution is -0.149. The first kappa shape index (κ1) is 24.4. The number of esters is 1. The molecule has 0 heterocycles. The fourth-order valence-electron chi connectivity index (χ4n) is 2.70. The molecule has 0 aliphatic heterocycles. The van der Waals surface area contributed by atoms with Gasteiger partial charge in [-0.05, 0) is 12.3 Å². The van der Waals surface area contributed by atoms with E-state index in [4.69, 9.17) is 14.9 Å². The first-order valence-corrected chi connectivity index (χ1v) is 10.3. The average Bonchev–Trinajstić information content (AvgIpc) is 2.60. The molecule has 0 rings (SSSR count). The minimum absolute atomic E-state index is 0.0794. The van der Waals surface area contributed by atoms with Crippen molar-refractivity contribution in [2.45, 2.75) is 97.8 Å². The Kier molecular flexibility index (Phi) is 15.2. The van der Waals surface area contributed by atoms with Gasteiger partial charge >= 0.3 is 5.97 Å². The van der Waals surface area contributed by atoms with Crippen LogP contribution in [0.25, 0.3) is 0 Å². The standard InChI is InChI=1S/C21H42O4/c1-19(2)14-12-10-8-6-4-5-7-9-11-13-15-20(24)25-18-21(3,16-22)17-23/h19,22-23H,4-18H2,1-3H3. The van der Waals surface area contributed by atoms with Crippen LogP contribution in [0.3, 0.4) is 0 Å². The van der Waals surface area contributed by atoms with Gasteiger partial charge in [-0.1, -0.05) is 85.0 Å². The van der Waals surface area contributed by atoms with Gasteiger partial charge in [0.2, 0.25) is 0 Å². The minimum atomic E-state index is -0.732. The molecule has 0 aliphatic rings. The molecule has 0 fully saturated rings. The second-order valence-electron chi connectivity index (χ2n) is 8.26. The summed E-state index contributed by atoms with van der Waals surface area (Å²) < 4.78 is 5.14. The van der Waals surface area contributed by atoms with E-state index < -0.39 is 5.41 Å². The summed E-state index contributed by atoms with van der Waals surface area (Å²) in [5, 5.41) is 18.3. The number of carbonyl (C=O) groups is 1. The maximum atomic E-state index is 11.6. The van der Waals surface area contributed by atoms with Gasteiger partial charge in [0.05, 0.1) is 13.2 Å². The Hall–Kier alpha value is -0.610. The summed E-state index contributed by atoms with van der Waals surface area (Å²) in [7, 11) is 0. The zero-order chi connectivity index (χ0) is 19.0. The van der Waals surface area contributed by atoms with E-state index in [0.29, 0.717) is 6.42 Å². The van der Waals surface area contributed by atoms with Gasteiger partial charge in [0.15, 0.2) is 0 Å². The van der Waals surface area contributed by atoms with E-state index in [1.54, 1.807) is 6.92 Å². The van der Waals surface area contributed by atoms with Gasteiger partial charge in [0.1, 0.15) is 6.61 Å². The second-order valence-corrected chi connectivity index (χ2v) is 8.26. The Bertz CT molecular complexity index is 311. The zero-order valence-electron chi connectivity index (χ0n) is 16.9. The van der Waals surface area contributed by atoms with Gasteiger partial charge in [0, 0.05) is 11.8 Å². The van der Waals surface area contributed by atoms with E-state index in [1.807, 2.05) is 0 Å². The molecule has 0 atom stereocenters. The molecule has 25 heavy (non-hydrogen) atoms. The normalized spacial score (nSPS) is 11.9. The molecule has 0 spiro atoms. The van der Waals surface area contributed by atoms with Crippen LogP contribution in [0.1, 0.15) is 97.8 Å².